The van der Waals surface area contributed by atoms with E-state index < -0.39 is 30.3 Å². The smallest absolute Gasteiger partial charge is 0.323 e. The van der Waals surface area contributed by atoms with E-state index in [0.717, 1.165) is 29.7 Å². The Balaban J connectivity index is 1.71. The first-order valence-electron chi connectivity index (χ1n) is 9.04. The second-order valence-corrected chi connectivity index (χ2v) is 7.62. The molecule has 8 heteroatoms. The van der Waals surface area contributed by atoms with Gasteiger partial charge in [-0.05, 0) is 43.4 Å². The minimum absolute atomic E-state index is 0.139. The van der Waals surface area contributed by atoms with E-state index in [1.807, 2.05) is 13.8 Å². The summed E-state index contributed by atoms with van der Waals surface area (Å²) in [5.41, 5.74) is 1.32. The van der Waals surface area contributed by atoms with Crippen LogP contribution in [-0.2, 0) is 14.4 Å². The number of carbonyl (C=O) groups is 4. The number of anilines is 1. The van der Waals surface area contributed by atoms with Gasteiger partial charge in [0, 0.05) is 6.04 Å². The summed E-state index contributed by atoms with van der Waals surface area (Å²) < 4.78 is 0. The lowest BCUT2D eigenvalue weighted by molar-refractivity contribution is -0.145. The number of rotatable bonds is 4. The highest BCUT2D eigenvalue weighted by Crippen LogP contribution is 2.31. The van der Waals surface area contributed by atoms with Crippen LogP contribution in [0.5, 0.6) is 0 Å². The highest BCUT2D eigenvalue weighted by atomic mass is 35.5. The van der Waals surface area contributed by atoms with Crippen LogP contribution in [0.25, 0.3) is 0 Å². The van der Waals surface area contributed by atoms with E-state index in [0.29, 0.717) is 22.0 Å². The second kappa shape index (κ2) is 7.68. The Hall–Kier alpha value is -2.41. The Morgan fingerprint density at radius 1 is 1.19 bits per heavy atom. The van der Waals surface area contributed by atoms with Crippen molar-refractivity contribution >= 4 is 41.0 Å². The average molecular weight is 392 g/mol. The van der Waals surface area contributed by atoms with Gasteiger partial charge in [-0.2, -0.15) is 0 Å². The third-order valence-corrected chi connectivity index (χ3v) is 5.49. The molecular formula is C19H22ClN3O4. The third kappa shape index (κ3) is 3.83. The van der Waals surface area contributed by atoms with Crippen molar-refractivity contribution in [3.8, 4) is 0 Å². The van der Waals surface area contributed by atoms with Crippen LogP contribution in [0.2, 0.25) is 5.02 Å². The number of nitrogens with zero attached hydrogens (tertiary/aromatic N) is 2. The largest absolute Gasteiger partial charge is 0.334 e. The van der Waals surface area contributed by atoms with Gasteiger partial charge in [-0.1, -0.05) is 37.4 Å². The fourth-order valence-electron chi connectivity index (χ4n) is 3.69. The highest BCUT2D eigenvalue weighted by Gasteiger charge is 2.49. The van der Waals surface area contributed by atoms with Gasteiger partial charge in [0.05, 0.1) is 10.7 Å². The lowest BCUT2D eigenvalue weighted by Gasteiger charge is -2.34. The summed E-state index contributed by atoms with van der Waals surface area (Å²) in [6, 6.07) is 4.11. The number of urea groups is 1. The van der Waals surface area contributed by atoms with Crippen LogP contribution in [-0.4, -0.2) is 46.1 Å². The molecule has 0 aromatic heterocycles. The number of hydrogen-bond donors (Lipinski definition) is 1. The summed E-state index contributed by atoms with van der Waals surface area (Å²) >= 11 is 6.09. The molecule has 0 spiro atoms. The number of aryl methyl sites for hydroxylation is 1. The number of imide groups is 2. The van der Waals surface area contributed by atoms with Gasteiger partial charge in [0.15, 0.2) is 0 Å². The van der Waals surface area contributed by atoms with Crippen LogP contribution in [0.1, 0.15) is 38.2 Å². The van der Waals surface area contributed by atoms with Gasteiger partial charge in [-0.15, -0.1) is 0 Å². The van der Waals surface area contributed by atoms with E-state index >= 15 is 0 Å². The Morgan fingerprint density at radius 3 is 2.56 bits per heavy atom. The third-order valence-electron chi connectivity index (χ3n) is 5.18. The molecule has 2 fully saturated rings. The zero-order valence-corrected chi connectivity index (χ0v) is 16.1. The molecule has 1 aromatic carbocycles. The lowest BCUT2D eigenvalue weighted by atomic mass is 9.85. The van der Waals surface area contributed by atoms with Gasteiger partial charge < -0.3 is 5.32 Å². The molecule has 1 aromatic rings. The van der Waals surface area contributed by atoms with Crippen molar-refractivity contribution in [1.29, 1.82) is 0 Å². The van der Waals surface area contributed by atoms with Crippen molar-refractivity contribution < 1.29 is 19.2 Å². The number of carbonyl (C=O) groups excluding carboxylic acids is 4. The van der Waals surface area contributed by atoms with Gasteiger partial charge in [-0.3, -0.25) is 19.3 Å². The number of amides is 5. The Kier molecular flexibility index (Phi) is 5.51. The second-order valence-electron chi connectivity index (χ2n) is 7.21. The van der Waals surface area contributed by atoms with Crippen molar-refractivity contribution in [2.45, 2.75) is 45.6 Å². The molecule has 2 aliphatic rings. The van der Waals surface area contributed by atoms with Crippen LogP contribution in [0.3, 0.4) is 0 Å². The predicted molar refractivity (Wildman–Crippen MR) is 100 cm³/mol. The van der Waals surface area contributed by atoms with Crippen molar-refractivity contribution in [2.24, 2.45) is 5.92 Å². The molecule has 144 valence electrons. The van der Waals surface area contributed by atoms with Gasteiger partial charge in [0.25, 0.3) is 0 Å². The molecule has 2 atom stereocenters. The van der Waals surface area contributed by atoms with E-state index in [9.17, 15) is 19.2 Å². The maximum Gasteiger partial charge on any atom is 0.334 e. The quantitative estimate of drug-likeness (QED) is 0.631. The summed E-state index contributed by atoms with van der Waals surface area (Å²) in [5.74, 6) is -2.25. The van der Waals surface area contributed by atoms with Crippen LogP contribution in [0, 0.1) is 12.8 Å². The average Bonchev–Trinajstić information content (AvgIpc) is 2.82. The van der Waals surface area contributed by atoms with E-state index in [-0.39, 0.29) is 12.0 Å². The summed E-state index contributed by atoms with van der Waals surface area (Å²) in [4.78, 5) is 51.4. The van der Waals surface area contributed by atoms with Crippen molar-refractivity contribution in [1.82, 2.24) is 9.80 Å². The van der Waals surface area contributed by atoms with E-state index in [4.69, 9.17) is 11.6 Å². The SMILES string of the molecule is Cc1ccc(NC(=O)CN2C(=O)C(=O)N([C@H]3CCCC[C@@H]3C)C2=O)c(Cl)c1. The molecule has 0 unspecified atom stereocenters. The monoisotopic (exact) mass is 391 g/mol. The first-order valence-corrected chi connectivity index (χ1v) is 9.42. The minimum Gasteiger partial charge on any atom is -0.323 e. The Bertz CT molecular complexity index is 810. The zero-order valence-electron chi connectivity index (χ0n) is 15.3. The molecule has 5 amide bonds. The fourth-order valence-corrected chi connectivity index (χ4v) is 3.97. The minimum atomic E-state index is -0.956. The molecule has 1 aliphatic carbocycles. The zero-order chi connectivity index (χ0) is 19.7. The maximum atomic E-state index is 12.7. The van der Waals surface area contributed by atoms with Gasteiger partial charge in [-0.25, -0.2) is 9.69 Å². The summed E-state index contributed by atoms with van der Waals surface area (Å²) in [5, 5.41) is 2.93. The summed E-state index contributed by atoms with van der Waals surface area (Å²) in [6.45, 7) is 3.32. The fraction of sp³-hybridized carbons (Fsp3) is 0.474. The van der Waals surface area contributed by atoms with E-state index in [1.54, 1.807) is 18.2 Å². The topological polar surface area (TPSA) is 86.8 Å². The van der Waals surface area contributed by atoms with Crippen LogP contribution in [0.15, 0.2) is 18.2 Å². The Morgan fingerprint density at radius 2 is 1.89 bits per heavy atom. The normalized spacial score (nSPS) is 23.1. The molecule has 1 aliphatic heterocycles. The molecule has 27 heavy (non-hydrogen) atoms. The van der Waals surface area contributed by atoms with Crippen molar-refractivity contribution in [3.63, 3.8) is 0 Å². The number of hydrogen-bond acceptors (Lipinski definition) is 4. The van der Waals surface area contributed by atoms with Crippen molar-refractivity contribution in [2.75, 3.05) is 11.9 Å². The van der Waals surface area contributed by atoms with Crippen LogP contribution in [0.4, 0.5) is 10.5 Å². The van der Waals surface area contributed by atoms with E-state index in [2.05, 4.69) is 5.32 Å². The molecule has 1 saturated carbocycles. The summed E-state index contributed by atoms with van der Waals surface area (Å²) in [7, 11) is 0. The molecule has 0 bridgehead atoms. The number of benzene rings is 1. The maximum absolute atomic E-state index is 12.7. The van der Waals surface area contributed by atoms with Crippen LogP contribution < -0.4 is 5.32 Å². The van der Waals surface area contributed by atoms with Gasteiger partial charge in [0.2, 0.25) is 5.91 Å². The number of nitrogens with one attached hydrogen (secondary N) is 1. The molecular weight excluding hydrogens is 370 g/mol. The standard InChI is InChI=1S/C19H22ClN3O4/c1-11-7-8-14(13(20)9-11)21-16(24)10-22-17(25)18(26)23(19(22)27)15-6-4-3-5-12(15)2/h7-9,12,15H,3-6,10H2,1-2H3,(H,21,24)/t12-,15-/m0/s1. The molecule has 3 rings (SSSR count). The predicted octanol–water partition coefficient (Wildman–Crippen LogP) is 2.96. The number of halogens is 1. The first kappa shape index (κ1) is 19.4. The molecule has 1 saturated heterocycles. The highest BCUT2D eigenvalue weighted by molar-refractivity contribution is 6.45. The van der Waals surface area contributed by atoms with Crippen molar-refractivity contribution in [3.05, 3.63) is 28.8 Å². The molecule has 1 heterocycles. The van der Waals surface area contributed by atoms with E-state index in [1.165, 1.54) is 0 Å². The van der Waals surface area contributed by atoms with Gasteiger partial charge in [0.1, 0.15) is 6.54 Å². The first-order chi connectivity index (χ1) is 12.8. The molecule has 0 radical (unpaired) electrons. The summed E-state index contributed by atoms with van der Waals surface area (Å²) in [6.07, 6.45) is 3.55. The molecule has 7 nitrogen and oxygen atoms in total. The van der Waals surface area contributed by atoms with Crippen LogP contribution >= 0.6 is 11.6 Å². The molecule has 1 N–H and O–H groups in total. The Labute approximate surface area is 162 Å². The van der Waals surface area contributed by atoms with Gasteiger partial charge >= 0.3 is 17.8 Å². The lowest BCUT2D eigenvalue weighted by Crippen LogP contribution is -2.46.